The number of hydrogen-bond donors (Lipinski definition) is 2. The molecule has 2 rings (SSSR count). The topological polar surface area (TPSA) is 107 Å². The molecule has 11 heteroatoms. The molecule has 2 N–H and O–H groups in total. The number of sulfonamides is 1. The molecule has 0 fully saturated rings. The number of pyridine rings is 1. The van der Waals surface area contributed by atoms with Crippen LogP contribution < -0.4 is 14.8 Å². The maximum atomic E-state index is 13.9. The highest BCUT2D eigenvalue weighted by atomic mass is 32.2. The van der Waals surface area contributed by atoms with Crippen LogP contribution in [0.2, 0.25) is 0 Å². The Balaban J connectivity index is 2.09. The average molecular weight is 458 g/mol. The van der Waals surface area contributed by atoms with Gasteiger partial charge in [-0.1, -0.05) is 12.1 Å². The fourth-order valence-corrected chi connectivity index (χ4v) is 4.17. The molecule has 1 aromatic heterocycles. The van der Waals surface area contributed by atoms with E-state index in [0.717, 1.165) is 12.1 Å². The number of aromatic nitrogens is 1. The lowest BCUT2D eigenvalue weighted by Crippen LogP contribution is -2.44. The van der Waals surface area contributed by atoms with Crippen molar-refractivity contribution in [3.63, 3.8) is 0 Å². The second-order valence-electron chi connectivity index (χ2n) is 6.10. The molecule has 0 radical (unpaired) electrons. The van der Waals surface area contributed by atoms with E-state index in [4.69, 9.17) is 9.47 Å². The first-order valence-electron chi connectivity index (χ1n) is 9.02. The largest absolute Gasteiger partial charge is 0.475 e. The highest BCUT2D eigenvalue weighted by Gasteiger charge is 2.27. The fourth-order valence-electron chi connectivity index (χ4n) is 2.39. The lowest BCUT2D eigenvalue weighted by molar-refractivity contribution is -0.117. The average Bonchev–Trinajstić information content (AvgIpc) is 2.72. The van der Waals surface area contributed by atoms with Crippen molar-refractivity contribution in [2.75, 3.05) is 37.6 Å². The number of nitrogens with zero attached hydrogens (tertiary/aromatic N) is 1. The Kier molecular flexibility index (Phi) is 9.50. The van der Waals surface area contributed by atoms with E-state index < -0.39 is 32.7 Å². The lowest BCUT2D eigenvalue weighted by Gasteiger charge is -2.18. The summed E-state index contributed by atoms with van der Waals surface area (Å²) in [6, 6.07) is 7.08. The number of benzene rings is 1. The summed E-state index contributed by atoms with van der Waals surface area (Å²) in [5, 5.41) is 2.62. The van der Waals surface area contributed by atoms with Gasteiger partial charge in [-0.15, -0.1) is 0 Å². The molecular weight excluding hydrogens is 433 g/mol. The van der Waals surface area contributed by atoms with Gasteiger partial charge in [0.2, 0.25) is 21.8 Å². The number of thioether (sulfide) groups is 1. The Morgan fingerprint density at radius 1 is 1.23 bits per heavy atom. The van der Waals surface area contributed by atoms with Gasteiger partial charge in [0.1, 0.15) is 23.4 Å². The van der Waals surface area contributed by atoms with Crippen molar-refractivity contribution in [1.82, 2.24) is 9.71 Å². The van der Waals surface area contributed by atoms with Crippen molar-refractivity contribution < 1.29 is 27.1 Å². The Morgan fingerprint density at radius 2 is 2.00 bits per heavy atom. The van der Waals surface area contributed by atoms with Gasteiger partial charge in [-0.25, -0.2) is 17.8 Å². The molecule has 0 aliphatic rings. The van der Waals surface area contributed by atoms with Crippen LogP contribution in [0.25, 0.3) is 0 Å². The monoisotopic (exact) mass is 457 g/mol. The maximum Gasteiger partial charge on any atom is 0.244 e. The number of amides is 1. The van der Waals surface area contributed by atoms with Crippen LogP contribution in [0.3, 0.4) is 0 Å². The first-order valence-corrected chi connectivity index (χ1v) is 11.9. The van der Waals surface area contributed by atoms with Gasteiger partial charge < -0.3 is 14.8 Å². The normalized spacial score (nSPS) is 12.4. The number of carbonyl (C=O) groups is 1. The SMILES string of the molecule is COCCOc1ccc(NC(=O)C(CCSC)NS(=O)(=O)c2ccccc2F)cn1. The molecule has 30 heavy (non-hydrogen) atoms. The predicted octanol–water partition coefficient (Wildman–Crippen LogP) is 2.28. The quantitative estimate of drug-likeness (QED) is 0.471. The van der Waals surface area contributed by atoms with Crippen molar-refractivity contribution in [3.05, 3.63) is 48.4 Å². The summed E-state index contributed by atoms with van der Waals surface area (Å²) >= 11 is 1.46. The van der Waals surface area contributed by atoms with Crippen molar-refractivity contribution in [2.45, 2.75) is 17.4 Å². The summed E-state index contributed by atoms with van der Waals surface area (Å²) in [7, 11) is -2.66. The van der Waals surface area contributed by atoms with E-state index in [1.54, 1.807) is 19.2 Å². The van der Waals surface area contributed by atoms with Crippen LogP contribution in [-0.2, 0) is 19.6 Å². The minimum Gasteiger partial charge on any atom is -0.475 e. The first-order chi connectivity index (χ1) is 14.4. The van der Waals surface area contributed by atoms with Crippen molar-refractivity contribution >= 4 is 33.4 Å². The van der Waals surface area contributed by atoms with E-state index in [-0.39, 0.29) is 6.42 Å². The molecule has 2 aromatic rings. The van der Waals surface area contributed by atoms with E-state index in [9.17, 15) is 17.6 Å². The Labute approximate surface area is 179 Å². The number of nitrogens with one attached hydrogen (secondary N) is 2. The van der Waals surface area contributed by atoms with Crippen LogP contribution in [-0.4, -0.2) is 57.7 Å². The van der Waals surface area contributed by atoms with Crippen molar-refractivity contribution in [2.24, 2.45) is 0 Å². The van der Waals surface area contributed by atoms with Gasteiger partial charge in [-0.2, -0.15) is 16.5 Å². The van der Waals surface area contributed by atoms with E-state index in [2.05, 4.69) is 15.0 Å². The standard InChI is InChI=1S/C19H24FN3O5S2/c1-27-10-11-28-18-8-7-14(13-21-18)22-19(24)16(9-12-29-2)23-30(25,26)17-6-4-3-5-15(17)20/h3-8,13,16,23H,9-12H2,1-2H3,(H,22,24). The molecule has 164 valence electrons. The van der Waals surface area contributed by atoms with Crippen LogP contribution in [0.1, 0.15) is 6.42 Å². The molecule has 1 aromatic carbocycles. The zero-order valence-corrected chi connectivity index (χ0v) is 18.3. The third-order valence-electron chi connectivity index (χ3n) is 3.89. The molecule has 8 nitrogen and oxygen atoms in total. The van der Waals surface area contributed by atoms with Crippen molar-refractivity contribution in [3.8, 4) is 5.88 Å². The van der Waals surface area contributed by atoms with E-state index in [1.165, 1.54) is 30.1 Å². The maximum absolute atomic E-state index is 13.9. The summed E-state index contributed by atoms with van der Waals surface area (Å²) < 4.78 is 51.6. The molecule has 0 saturated carbocycles. The fraction of sp³-hybridized carbons (Fsp3) is 0.368. The zero-order valence-electron chi connectivity index (χ0n) is 16.6. The summed E-state index contributed by atoms with van der Waals surface area (Å²) in [4.78, 5) is 16.3. The summed E-state index contributed by atoms with van der Waals surface area (Å²) in [6.07, 6.45) is 3.47. The Morgan fingerprint density at radius 3 is 2.63 bits per heavy atom. The van der Waals surface area contributed by atoms with Crippen LogP contribution in [0, 0.1) is 5.82 Å². The molecule has 1 heterocycles. The molecule has 0 aliphatic carbocycles. The summed E-state index contributed by atoms with van der Waals surface area (Å²) in [5.74, 6) is -0.562. The molecule has 1 amide bonds. The Bertz CT molecular complexity index is 926. The third kappa shape index (κ3) is 7.24. The van der Waals surface area contributed by atoms with E-state index >= 15 is 0 Å². The minimum absolute atomic E-state index is 0.228. The van der Waals surface area contributed by atoms with Crippen LogP contribution in [0.4, 0.5) is 10.1 Å². The highest BCUT2D eigenvalue weighted by Crippen LogP contribution is 2.16. The summed E-state index contributed by atoms with van der Waals surface area (Å²) in [6.45, 7) is 0.753. The van der Waals surface area contributed by atoms with Gasteiger partial charge in [0.25, 0.3) is 0 Å². The number of rotatable bonds is 12. The van der Waals surface area contributed by atoms with Gasteiger partial charge >= 0.3 is 0 Å². The molecule has 0 spiro atoms. The van der Waals surface area contributed by atoms with E-state index in [0.29, 0.717) is 30.5 Å². The number of methoxy groups -OCH3 is 1. The Hall–Kier alpha value is -2.21. The van der Waals surface area contributed by atoms with Crippen LogP contribution in [0.5, 0.6) is 5.88 Å². The molecule has 1 unspecified atom stereocenters. The molecule has 1 atom stereocenters. The number of carbonyl (C=O) groups excluding carboxylic acids is 1. The second kappa shape index (κ2) is 11.8. The second-order valence-corrected chi connectivity index (χ2v) is 8.77. The number of halogens is 1. The number of ether oxygens (including phenoxy) is 2. The zero-order chi connectivity index (χ0) is 22.0. The molecular formula is C19H24FN3O5S2. The number of anilines is 1. The highest BCUT2D eigenvalue weighted by molar-refractivity contribution is 7.98. The van der Waals surface area contributed by atoms with Crippen molar-refractivity contribution in [1.29, 1.82) is 0 Å². The van der Waals surface area contributed by atoms with Gasteiger partial charge in [-0.05, 0) is 36.6 Å². The first kappa shape index (κ1) is 24.1. The predicted molar refractivity (Wildman–Crippen MR) is 114 cm³/mol. The van der Waals surface area contributed by atoms with Gasteiger partial charge in [0, 0.05) is 13.2 Å². The van der Waals surface area contributed by atoms with Gasteiger partial charge in [0.15, 0.2) is 0 Å². The summed E-state index contributed by atoms with van der Waals surface area (Å²) in [5.41, 5.74) is 0.373. The van der Waals surface area contributed by atoms with Crippen LogP contribution in [0.15, 0.2) is 47.5 Å². The number of hydrogen-bond acceptors (Lipinski definition) is 7. The minimum atomic E-state index is -4.22. The van der Waals surface area contributed by atoms with Gasteiger partial charge in [0.05, 0.1) is 18.5 Å². The van der Waals surface area contributed by atoms with Gasteiger partial charge in [-0.3, -0.25) is 4.79 Å². The molecule has 0 saturated heterocycles. The lowest BCUT2D eigenvalue weighted by atomic mass is 10.2. The molecule has 0 aliphatic heterocycles. The van der Waals surface area contributed by atoms with E-state index in [1.807, 2.05) is 6.26 Å². The third-order valence-corrected chi connectivity index (χ3v) is 6.04. The van der Waals surface area contributed by atoms with Crippen LogP contribution >= 0.6 is 11.8 Å². The molecule has 0 bridgehead atoms. The smallest absolute Gasteiger partial charge is 0.244 e.